The Morgan fingerprint density at radius 2 is 1.67 bits per heavy atom. The predicted octanol–water partition coefficient (Wildman–Crippen LogP) is 3.54. The number of nitrogens with one attached hydrogen (secondary N) is 1. The molecule has 0 radical (unpaired) electrons. The summed E-state index contributed by atoms with van der Waals surface area (Å²) in [4.78, 5) is 36.1. The van der Waals surface area contributed by atoms with Crippen LogP contribution in [0.2, 0.25) is 0 Å². The molecule has 0 aromatic heterocycles. The van der Waals surface area contributed by atoms with Gasteiger partial charge in [-0.2, -0.15) is 0 Å². The number of carbonyl (C=O) groups excluding carboxylic acids is 3. The van der Waals surface area contributed by atoms with Gasteiger partial charge in [0, 0.05) is 5.56 Å². The smallest absolute Gasteiger partial charge is 0.347 e. The molecule has 6 nitrogen and oxygen atoms in total. The maximum atomic E-state index is 12.3. The van der Waals surface area contributed by atoms with E-state index in [0.29, 0.717) is 17.0 Å². The fourth-order valence-corrected chi connectivity index (χ4v) is 2.40. The van der Waals surface area contributed by atoms with Crippen molar-refractivity contribution in [1.29, 1.82) is 0 Å². The molecule has 0 aliphatic carbocycles. The van der Waals surface area contributed by atoms with E-state index in [4.69, 9.17) is 9.47 Å². The molecule has 6 heteroatoms. The third-order valence-corrected chi connectivity index (χ3v) is 3.86. The van der Waals surface area contributed by atoms with Gasteiger partial charge in [-0.15, -0.1) is 0 Å². The minimum atomic E-state index is -1.04. The van der Waals surface area contributed by atoms with Crippen LogP contribution in [0.4, 0.5) is 5.69 Å². The van der Waals surface area contributed by atoms with Crippen LogP contribution in [-0.4, -0.2) is 29.9 Å². The van der Waals surface area contributed by atoms with E-state index in [-0.39, 0.29) is 5.78 Å². The van der Waals surface area contributed by atoms with Crippen molar-refractivity contribution in [1.82, 2.24) is 0 Å². The van der Waals surface area contributed by atoms with Crippen LogP contribution in [0.5, 0.6) is 5.75 Å². The highest BCUT2D eigenvalue weighted by atomic mass is 16.6. The minimum absolute atomic E-state index is 0.171. The fourth-order valence-electron chi connectivity index (χ4n) is 2.40. The zero-order valence-electron chi connectivity index (χ0n) is 15.8. The molecular formula is C21H23NO5. The Labute approximate surface area is 158 Å². The lowest BCUT2D eigenvalue weighted by Crippen LogP contribution is -2.35. The van der Waals surface area contributed by atoms with Crippen LogP contribution in [0.1, 0.15) is 36.7 Å². The molecule has 2 atom stereocenters. The van der Waals surface area contributed by atoms with Crippen molar-refractivity contribution in [2.24, 2.45) is 0 Å². The van der Waals surface area contributed by atoms with Crippen molar-refractivity contribution in [2.45, 2.75) is 39.9 Å². The number of esters is 1. The highest BCUT2D eigenvalue weighted by molar-refractivity contribution is 6.04. The van der Waals surface area contributed by atoms with Crippen LogP contribution in [0.25, 0.3) is 0 Å². The molecule has 0 heterocycles. The zero-order chi connectivity index (χ0) is 20.0. The lowest BCUT2D eigenvalue weighted by atomic mass is 10.1. The SMILES string of the molecule is CC(=O)c1ccccc1NC(=O)[C@H](C)OC(=O)[C@@H](C)Oc1cccc(C)c1. The lowest BCUT2D eigenvalue weighted by Gasteiger charge is -2.18. The maximum absolute atomic E-state index is 12.3. The highest BCUT2D eigenvalue weighted by Crippen LogP contribution is 2.17. The first-order chi connectivity index (χ1) is 12.8. The van der Waals surface area contributed by atoms with E-state index in [2.05, 4.69) is 5.32 Å². The van der Waals surface area contributed by atoms with Crippen molar-refractivity contribution in [3.05, 3.63) is 59.7 Å². The lowest BCUT2D eigenvalue weighted by molar-refractivity contribution is -0.159. The summed E-state index contributed by atoms with van der Waals surface area (Å²) in [5.41, 5.74) is 1.77. The molecule has 0 saturated heterocycles. The minimum Gasteiger partial charge on any atom is -0.479 e. The number of Topliss-reactive ketones (excluding diaryl/α,β-unsaturated/α-hetero) is 1. The van der Waals surface area contributed by atoms with Gasteiger partial charge in [-0.05, 0) is 57.5 Å². The van der Waals surface area contributed by atoms with Crippen LogP contribution >= 0.6 is 0 Å². The van der Waals surface area contributed by atoms with Gasteiger partial charge in [0.25, 0.3) is 5.91 Å². The van der Waals surface area contributed by atoms with Gasteiger partial charge in [0.1, 0.15) is 5.75 Å². The van der Waals surface area contributed by atoms with Crippen molar-refractivity contribution >= 4 is 23.3 Å². The second-order valence-corrected chi connectivity index (χ2v) is 6.25. The van der Waals surface area contributed by atoms with E-state index in [1.165, 1.54) is 13.8 Å². The Morgan fingerprint density at radius 1 is 0.963 bits per heavy atom. The monoisotopic (exact) mass is 369 g/mol. The number of ketones is 1. The zero-order valence-corrected chi connectivity index (χ0v) is 15.8. The number of benzene rings is 2. The molecule has 1 N–H and O–H groups in total. The summed E-state index contributed by atoms with van der Waals surface area (Å²) in [5, 5.41) is 2.62. The van der Waals surface area contributed by atoms with E-state index in [0.717, 1.165) is 5.56 Å². The normalized spacial score (nSPS) is 12.6. The molecule has 2 aromatic carbocycles. The van der Waals surface area contributed by atoms with Gasteiger partial charge in [0.15, 0.2) is 18.0 Å². The number of amides is 1. The van der Waals surface area contributed by atoms with Gasteiger partial charge in [-0.25, -0.2) is 4.79 Å². The summed E-state index contributed by atoms with van der Waals surface area (Å²) >= 11 is 0. The third kappa shape index (κ3) is 5.67. The van der Waals surface area contributed by atoms with Gasteiger partial charge >= 0.3 is 5.97 Å². The number of hydrogen-bond acceptors (Lipinski definition) is 5. The first-order valence-electron chi connectivity index (χ1n) is 8.62. The average Bonchev–Trinajstić information content (AvgIpc) is 2.61. The van der Waals surface area contributed by atoms with Crippen LogP contribution in [0.3, 0.4) is 0 Å². The van der Waals surface area contributed by atoms with Crippen LogP contribution in [0.15, 0.2) is 48.5 Å². The molecule has 142 valence electrons. The van der Waals surface area contributed by atoms with Crippen LogP contribution in [-0.2, 0) is 14.3 Å². The molecule has 2 rings (SSSR count). The van der Waals surface area contributed by atoms with E-state index >= 15 is 0 Å². The van der Waals surface area contributed by atoms with Crippen molar-refractivity contribution in [3.8, 4) is 5.75 Å². The first kappa shape index (κ1) is 20.2. The van der Waals surface area contributed by atoms with E-state index in [1.54, 1.807) is 43.3 Å². The summed E-state index contributed by atoms with van der Waals surface area (Å²) in [6, 6.07) is 13.9. The molecule has 27 heavy (non-hydrogen) atoms. The first-order valence-corrected chi connectivity index (χ1v) is 8.62. The average molecular weight is 369 g/mol. The molecule has 0 fully saturated rings. The number of rotatable bonds is 7. The topological polar surface area (TPSA) is 81.7 Å². The molecule has 0 aliphatic rings. The molecule has 0 spiro atoms. The fraction of sp³-hybridized carbons (Fsp3) is 0.286. The molecular weight excluding hydrogens is 346 g/mol. The predicted molar refractivity (Wildman–Crippen MR) is 102 cm³/mol. The quantitative estimate of drug-likeness (QED) is 0.596. The number of aryl methyl sites for hydroxylation is 1. The Morgan fingerprint density at radius 3 is 2.33 bits per heavy atom. The van der Waals surface area contributed by atoms with Gasteiger partial charge in [0.05, 0.1) is 5.69 Å². The maximum Gasteiger partial charge on any atom is 0.347 e. The van der Waals surface area contributed by atoms with E-state index < -0.39 is 24.1 Å². The molecule has 1 amide bonds. The Bertz CT molecular complexity index is 846. The molecule has 0 unspecified atom stereocenters. The van der Waals surface area contributed by atoms with Crippen LogP contribution < -0.4 is 10.1 Å². The second-order valence-electron chi connectivity index (χ2n) is 6.25. The van der Waals surface area contributed by atoms with E-state index in [9.17, 15) is 14.4 Å². The summed E-state index contributed by atoms with van der Waals surface area (Å²) in [6.07, 6.45) is -1.91. The molecule has 0 bridgehead atoms. The van der Waals surface area contributed by atoms with Crippen LogP contribution in [0, 0.1) is 6.92 Å². The second kappa shape index (κ2) is 8.98. The molecule has 2 aromatic rings. The van der Waals surface area contributed by atoms with Crippen molar-refractivity contribution in [2.75, 3.05) is 5.32 Å². The third-order valence-electron chi connectivity index (χ3n) is 3.86. The largest absolute Gasteiger partial charge is 0.479 e. The Kier molecular flexibility index (Phi) is 6.71. The number of para-hydroxylation sites is 1. The molecule has 0 saturated carbocycles. The summed E-state index contributed by atoms with van der Waals surface area (Å²) in [5.74, 6) is -0.804. The Balaban J connectivity index is 1.95. The summed E-state index contributed by atoms with van der Waals surface area (Å²) in [6.45, 7) is 6.35. The summed E-state index contributed by atoms with van der Waals surface area (Å²) in [7, 11) is 0. The van der Waals surface area contributed by atoms with E-state index in [1.807, 2.05) is 19.1 Å². The number of anilines is 1. The summed E-state index contributed by atoms with van der Waals surface area (Å²) < 4.78 is 10.7. The standard InChI is InChI=1S/C21H23NO5/c1-13-8-7-9-17(12-13)26-16(4)21(25)27-15(3)20(24)22-19-11-6-5-10-18(19)14(2)23/h5-12,15-16H,1-4H3,(H,22,24)/t15-,16+/m0/s1. The van der Waals surface area contributed by atoms with Crippen molar-refractivity contribution in [3.63, 3.8) is 0 Å². The van der Waals surface area contributed by atoms with Gasteiger partial charge in [0.2, 0.25) is 0 Å². The Hall–Kier alpha value is -3.15. The highest BCUT2D eigenvalue weighted by Gasteiger charge is 2.24. The van der Waals surface area contributed by atoms with Gasteiger partial charge in [-0.3, -0.25) is 9.59 Å². The number of ether oxygens (including phenoxy) is 2. The number of hydrogen-bond donors (Lipinski definition) is 1. The molecule has 0 aliphatic heterocycles. The van der Waals surface area contributed by atoms with Crippen molar-refractivity contribution < 1.29 is 23.9 Å². The number of carbonyl (C=O) groups is 3. The van der Waals surface area contributed by atoms with Gasteiger partial charge in [-0.1, -0.05) is 24.3 Å². The van der Waals surface area contributed by atoms with Gasteiger partial charge < -0.3 is 14.8 Å².